The minimum Gasteiger partial charge on any atom is -0.323 e. The smallest absolute Gasteiger partial charge is 0.0538 e. The molecular weight excluding hydrogens is 152 g/mol. The quantitative estimate of drug-likeness (QED) is 0.372. The molecule has 0 heterocycles. The molecule has 0 spiro atoms. The van der Waals surface area contributed by atoms with Gasteiger partial charge in [-0.3, -0.25) is 0 Å². The van der Waals surface area contributed by atoms with E-state index < -0.39 is 0 Å². The molecule has 0 radical (unpaired) electrons. The van der Waals surface area contributed by atoms with E-state index in [1.807, 2.05) is 24.3 Å². The SMILES string of the molecule is NN=Cc1ccc(C=NN)cc1. The Morgan fingerprint density at radius 3 is 1.42 bits per heavy atom. The molecule has 0 saturated heterocycles. The van der Waals surface area contributed by atoms with Gasteiger partial charge in [-0.15, -0.1) is 0 Å². The summed E-state index contributed by atoms with van der Waals surface area (Å²) in [6.45, 7) is 0. The Labute approximate surface area is 70.6 Å². The van der Waals surface area contributed by atoms with Crippen molar-refractivity contribution in [1.29, 1.82) is 0 Å². The molecule has 0 bridgehead atoms. The summed E-state index contributed by atoms with van der Waals surface area (Å²) in [6, 6.07) is 7.53. The third-order valence-electron chi connectivity index (χ3n) is 1.38. The van der Waals surface area contributed by atoms with Gasteiger partial charge >= 0.3 is 0 Å². The van der Waals surface area contributed by atoms with Crippen molar-refractivity contribution in [2.75, 3.05) is 0 Å². The summed E-state index contributed by atoms with van der Waals surface area (Å²) in [5.41, 5.74) is 1.90. The molecule has 0 aliphatic rings. The number of nitrogens with two attached hydrogens (primary N) is 2. The maximum absolute atomic E-state index is 4.98. The van der Waals surface area contributed by atoms with Crippen molar-refractivity contribution in [2.24, 2.45) is 21.9 Å². The Kier molecular flexibility index (Phi) is 2.84. The van der Waals surface area contributed by atoms with Crippen molar-refractivity contribution in [3.63, 3.8) is 0 Å². The average molecular weight is 162 g/mol. The van der Waals surface area contributed by atoms with Crippen LogP contribution in [0.25, 0.3) is 0 Å². The fourth-order valence-corrected chi connectivity index (χ4v) is 0.840. The molecule has 62 valence electrons. The Balaban J connectivity index is 2.85. The molecule has 0 aromatic heterocycles. The zero-order chi connectivity index (χ0) is 8.81. The molecular formula is C8H10N4. The lowest BCUT2D eigenvalue weighted by atomic mass is 10.2. The zero-order valence-corrected chi connectivity index (χ0v) is 6.51. The molecule has 1 rings (SSSR count). The highest BCUT2D eigenvalue weighted by atomic mass is 15.1. The van der Waals surface area contributed by atoms with E-state index in [0.717, 1.165) is 11.1 Å². The van der Waals surface area contributed by atoms with Crippen LogP contribution in [0.3, 0.4) is 0 Å². The first-order valence-electron chi connectivity index (χ1n) is 3.43. The van der Waals surface area contributed by atoms with Crippen LogP contribution in [0.5, 0.6) is 0 Å². The van der Waals surface area contributed by atoms with Gasteiger partial charge in [-0.1, -0.05) is 24.3 Å². The largest absolute Gasteiger partial charge is 0.323 e. The van der Waals surface area contributed by atoms with Crippen molar-refractivity contribution in [3.8, 4) is 0 Å². The second-order valence-corrected chi connectivity index (χ2v) is 2.22. The fourth-order valence-electron chi connectivity index (χ4n) is 0.840. The third kappa shape index (κ3) is 2.09. The van der Waals surface area contributed by atoms with E-state index in [-0.39, 0.29) is 0 Å². The van der Waals surface area contributed by atoms with Crippen LogP contribution in [0.1, 0.15) is 11.1 Å². The lowest BCUT2D eigenvalue weighted by Gasteiger charge is -1.92. The fraction of sp³-hybridized carbons (Fsp3) is 0. The first-order chi connectivity index (χ1) is 5.86. The number of rotatable bonds is 2. The summed E-state index contributed by atoms with van der Waals surface area (Å²) < 4.78 is 0. The second-order valence-electron chi connectivity index (χ2n) is 2.22. The van der Waals surface area contributed by atoms with Gasteiger partial charge in [-0.25, -0.2) is 0 Å². The monoisotopic (exact) mass is 162 g/mol. The number of hydrogen-bond donors (Lipinski definition) is 2. The molecule has 0 fully saturated rings. The number of hydrogen-bond acceptors (Lipinski definition) is 4. The average Bonchev–Trinajstić information content (AvgIpc) is 2.09. The molecule has 12 heavy (non-hydrogen) atoms. The van der Waals surface area contributed by atoms with Crippen LogP contribution in [0.15, 0.2) is 34.5 Å². The molecule has 0 aliphatic heterocycles. The van der Waals surface area contributed by atoms with Gasteiger partial charge in [0.25, 0.3) is 0 Å². The summed E-state index contributed by atoms with van der Waals surface area (Å²) in [5.74, 6) is 9.96. The highest BCUT2D eigenvalue weighted by Crippen LogP contribution is 1.99. The minimum absolute atomic E-state index is 0.951. The standard InChI is InChI=1S/C8H10N4/c9-11-5-7-1-2-8(4-3-7)6-12-10/h1-6H,9-10H2. The molecule has 0 amide bonds. The van der Waals surface area contributed by atoms with E-state index in [1.54, 1.807) is 12.4 Å². The first-order valence-corrected chi connectivity index (χ1v) is 3.43. The Bertz CT molecular complexity index is 255. The predicted molar refractivity (Wildman–Crippen MR) is 50.0 cm³/mol. The summed E-state index contributed by atoms with van der Waals surface area (Å²) in [4.78, 5) is 0. The highest BCUT2D eigenvalue weighted by molar-refractivity contribution is 5.83. The molecule has 0 saturated carbocycles. The van der Waals surface area contributed by atoms with Gasteiger partial charge in [-0.05, 0) is 11.1 Å². The highest BCUT2D eigenvalue weighted by Gasteiger charge is 1.87. The maximum atomic E-state index is 4.98. The summed E-state index contributed by atoms with van der Waals surface area (Å²) in [5, 5.41) is 6.80. The van der Waals surface area contributed by atoms with Crippen molar-refractivity contribution in [2.45, 2.75) is 0 Å². The molecule has 0 aliphatic carbocycles. The van der Waals surface area contributed by atoms with E-state index in [4.69, 9.17) is 11.7 Å². The van der Waals surface area contributed by atoms with Gasteiger partial charge in [0.15, 0.2) is 0 Å². The van der Waals surface area contributed by atoms with Crippen LogP contribution in [-0.2, 0) is 0 Å². The second kappa shape index (κ2) is 4.12. The molecule has 1 aromatic rings. The summed E-state index contributed by atoms with van der Waals surface area (Å²) in [6.07, 6.45) is 3.15. The Morgan fingerprint density at radius 2 is 1.17 bits per heavy atom. The van der Waals surface area contributed by atoms with Crippen LogP contribution in [0, 0.1) is 0 Å². The number of hydrazone groups is 2. The molecule has 0 unspecified atom stereocenters. The van der Waals surface area contributed by atoms with Crippen LogP contribution in [0.4, 0.5) is 0 Å². The Hall–Kier alpha value is -1.84. The number of benzene rings is 1. The zero-order valence-electron chi connectivity index (χ0n) is 6.51. The lowest BCUT2D eigenvalue weighted by molar-refractivity contribution is 1.26. The normalized spacial score (nSPS) is 11.3. The van der Waals surface area contributed by atoms with E-state index in [2.05, 4.69) is 10.2 Å². The van der Waals surface area contributed by atoms with Crippen molar-refractivity contribution < 1.29 is 0 Å². The summed E-state index contributed by atoms with van der Waals surface area (Å²) in [7, 11) is 0. The Morgan fingerprint density at radius 1 is 0.833 bits per heavy atom. The molecule has 1 aromatic carbocycles. The topological polar surface area (TPSA) is 76.8 Å². The van der Waals surface area contributed by atoms with Gasteiger partial charge in [-0.2, -0.15) is 10.2 Å². The first kappa shape index (κ1) is 8.26. The van der Waals surface area contributed by atoms with Crippen LogP contribution < -0.4 is 11.7 Å². The van der Waals surface area contributed by atoms with E-state index >= 15 is 0 Å². The molecule has 4 N–H and O–H groups in total. The van der Waals surface area contributed by atoms with Crippen molar-refractivity contribution >= 4 is 12.4 Å². The van der Waals surface area contributed by atoms with Gasteiger partial charge in [0.1, 0.15) is 0 Å². The summed E-state index contributed by atoms with van der Waals surface area (Å²) >= 11 is 0. The van der Waals surface area contributed by atoms with Crippen molar-refractivity contribution in [3.05, 3.63) is 35.4 Å². The van der Waals surface area contributed by atoms with E-state index in [0.29, 0.717) is 0 Å². The maximum Gasteiger partial charge on any atom is 0.0538 e. The molecule has 4 nitrogen and oxygen atoms in total. The van der Waals surface area contributed by atoms with Crippen molar-refractivity contribution in [1.82, 2.24) is 0 Å². The van der Waals surface area contributed by atoms with E-state index in [1.165, 1.54) is 0 Å². The van der Waals surface area contributed by atoms with Crippen LogP contribution in [0.2, 0.25) is 0 Å². The van der Waals surface area contributed by atoms with Crippen LogP contribution >= 0.6 is 0 Å². The molecule has 0 atom stereocenters. The minimum atomic E-state index is 0.951. The van der Waals surface area contributed by atoms with Crippen LogP contribution in [-0.4, -0.2) is 12.4 Å². The van der Waals surface area contributed by atoms with Gasteiger partial charge in [0, 0.05) is 0 Å². The molecule has 4 heteroatoms. The predicted octanol–water partition coefficient (Wildman–Crippen LogP) is 0.272. The lowest BCUT2D eigenvalue weighted by Crippen LogP contribution is -1.89. The van der Waals surface area contributed by atoms with Gasteiger partial charge in [0.05, 0.1) is 12.4 Å². The number of nitrogens with zero attached hydrogens (tertiary/aromatic N) is 2. The van der Waals surface area contributed by atoms with Gasteiger partial charge in [0.2, 0.25) is 0 Å². The third-order valence-corrected chi connectivity index (χ3v) is 1.38. The van der Waals surface area contributed by atoms with E-state index in [9.17, 15) is 0 Å². The van der Waals surface area contributed by atoms with Gasteiger partial charge < -0.3 is 11.7 Å².